The predicted molar refractivity (Wildman–Crippen MR) is 87.1 cm³/mol. The molecule has 114 valence electrons. The summed E-state index contributed by atoms with van der Waals surface area (Å²) >= 11 is 0. The van der Waals surface area contributed by atoms with E-state index in [2.05, 4.69) is 15.6 Å². The fourth-order valence-electron chi connectivity index (χ4n) is 2.34. The molecule has 0 aliphatic carbocycles. The highest BCUT2D eigenvalue weighted by molar-refractivity contribution is 5.91. The van der Waals surface area contributed by atoms with Crippen LogP contribution in [0.15, 0.2) is 12.1 Å². The smallest absolute Gasteiger partial charge is 0.224 e. The lowest BCUT2D eigenvalue weighted by atomic mass is 10.1. The number of anilines is 1. The molecule has 0 radical (unpaired) electrons. The van der Waals surface area contributed by atoms with Gasteiger partial charge in [-0.2, -0.15) is 0 Å². The Balaban J connectivity index is 0.00000180. The van der Waals surface area contributed by atoms with Gasteiger partial charge in [-0.1, -0.05) is 0 Å². The highest BCUT2D eigenvalue weighted by Gasteiger charge is 2.15. The van der Waals surface area contributed by atoms with Crippen molar-refractivity contribution < 1.29 is 4.79 Å². The molecule has 1 saturated heterocycles. The minimum atomic E-state index is 0. The molecule has 1 aromatic rings. The van der Waals surface area contributed by atoms with Gasteiger partial charge in [0.1, 0.15) is 0 Å². The van der Waals surface area contributed by atoms with Crippen LogP contribution in [0.3, 0.4) is 0 Å². The Hall–Kier alpha value is -0.840. The molecular formula is C14H23Cl2N3O. The van der Waals surface area contributed by atoms with Crippen LogP contribution in [0.5, 0.6) is 0 Å². The molecule has 1 unspecified atom stereocenters. The summed E-state index contributed by atoms with van der Waals surface area (Å²) in [6, 6.07) is 4.36. The standard InChI is InChI=1S/C14H21N3O.2ClH/c1-10-5-7-13(11(2)16-10)17-14(18)8-6-12-4-3-9-15-12;;/h5,7,12,15H,3-4,6,8-9H2,1-2H3,(H,17,18);2*1H. The summed E-state index contributed by atoms with van der Waals surface area (Å²) in [4.78, 5) is 16.2. The summed E-state index contributed by atoms with van der Waals surface area (Å²) in [5.74, 6) is 0.0810. The summed E-state index contributed by atoms with van der Waals surface area (Å²) in [7, 11) is 0. The molecule has 2 heterocycles. The molecule has 4 nitrogen and oxygen atoms in total. The number of aryl methyl sites for hydroxylation is 2. The van der Waals surface area contributed by atoms with Crippen LogP contribution in [-0.2, 0) is 4.79 Å². The third kappa shape index (κ3) is 5.65. The van der Waals surface area contributed by atoms with Crippen molar-refractivity contribution in [2.75, 3.05) is 11.9 Å². The van der Waals surface area contributed by atoms with Gasteiger partial charge >= 0.3 is 0 Å². The summed E-state index contributed by atoms with van der Waals surface area (Å²) in [6.45, 7) is 4.96. The van der Waals surface area contributed by atoms with Crippen LogP contribution in [0.1, 0.15) is 37.1 Å². The van der Waals surface area contributed by atoms with E-state index in [1.165, 1.54) is 12.8 Å². The molecule has 1 aliphatic rings. The second kappa shape index (κ2) is 9.16. The lowest BCUT2D eigenvalue weighted by Crippen LogP contribution is -2.23. The van der Waals surface area contributed by atoms with Gasteiger partial charge in [0.25, 0.3) is 0 Å². The number of pyridine rings is 1. The van der Waals surface area contributed by atoms with Crippen molar-refractivity contribution in [3.8, 4) is 0 Å². The molecule has 1 amide bonds. The van der Waals surface area contributed by atoms with Gasteiger partial charge in [0.05, 0.1) is 11.4 Å². The van der Waals surface area contributed by atoms with E-state index in [9.17, 15) is 4.79 Å². The van der Waals surface area contributed by atoms with Gasteiger partial charge in [0.15, 0.2) is 0 Å². The molecule has 20 heavy (non-hydrogen) atoms. The number of carbonyl (C=O) groups excluding carboxylic acids is 1. The van der Waals surface area contributed by atoms with E-state index in [1.807, 2.05) is 26.0 Å². The molecule has 0 spiro atoms. The van der Waals surface area contributed by atoms with Gasteiger partial charge in [-0.25, -0.2) is 0 Å². The summed E-state index contributed by atoms with van der Waals surface area (Å²) < 4.78 is 0. The SMILES string of the molecule is Cc1ccc(NC(=O)CCC2CCCN2)c(C)n1.Cl.Cl. The van der Waals surface area contributed by atoms with Crippen LogP contribution >= 0.6 is 24.8 Å². The first-order chi connectivity index (χ1) is 8.65. The number of nitrogens with one attached hydrogen (secondary N) is 2. The summed E-state index contributed by atoms with van der Waals surface area (Å²) in [5.41, 5.74) is 2.67. The Bertz CT molecular complexity index is 434. The van der Waals surface area contributed by atoms with Gasteiger partial charge in [-0.3, -0.25) is 9.78 Å². The van der Waals surface area contributed by atoms with Crippen molar-refractivity contribution in [3.63, 3.8) is 0 Å². The maximum atomic E-state index is 11.8. The third-order valence-electron chi connectivity index (χ3n) is 3.38. The maximum absolute atomic E-state index is 11.8. The fraction of sp³-hybridized carbons (Fsp3) is 0.571. The zero-order valence-corrected chi connectivity index (χ0v) is 13.6. The lowest BCUT2D eigenvalue weighted by molar-refractivity contribution is -0.116. The van der Waals surface area contributed by atoms with E-state index < -0.39 is 0 Å². The van der Waals surface area contributed by atoms with Gasteiger partial charge in [-0.05, 0) is 51.8 Å². The first-order valence-corrected chi connectivity index (χ1v) is 6.62. The van der Waals surface area contributed by atoms with E-state index in [4.69, 9.17) is 0 Å². The molecule has 1 aliphatic heterocycles. The van der Waals surface area contributed by atoms with Crippen molar-refractivity contribution in [1.29, 1.82) is 0 Å². The average Bonchev–Trinajstić information content (AvgIpc) is 2.83. The lowest BCUT2D eigenvalue weighted by Gasteiger charge is -2.11. The normalized spacial score (nSPS) is 17.0. The molecule has 1 aromatic heterocycles. The first-order valence-electron chi connectivity index (χ1n) is 6.62. The van der Waals surface area contributed by atoms with Crippen LogP contribution in [0.25, 0.3) is 0 Å². The Kier molecular flexibility index (Phi) is 8.78. The van der Waals surface area contributed by atoms with Crippen molar-refractivity contribution >= 4 is 36.4 Å². The van der Waals surface area contributed by atoms with Crippen LogP contribution in [0.4, 0.5) is 5.69 Å². The first kappa shape index (κ1) is 19.2. The Morgan fingerprint density at radius 2 is 2.15 bits per heavy atom. The van der Waals surface area contributed by atoms with Crippen LogP contribution < -0.4 is 10.6 Å². The molecule has 0 aromatic carbocycles. The fourth-order valence-corrected chi connectivity index (χ4v) is 2.34. The highest BCUT2D eigenvalue weighted by atomic mass is 35.5. The Labute approximate surface area is 132 Å². The number of hydrogen-bond acceptors (Lipinski definition) is 3. The second-order valence-electron chi connectivity index (χ2n) is 4.97. The molecule has 1 atom stereocenters. The van der Waals surface area contributed by atoms with Gasteiger partial charge in [0, 0.05) is 18.2 Å². The third-order valence-corrected chi connectivity index (χ3v) is 3.38. The van der Waals surface area contributed by atoms with E-state index in [-0.39, 0.29) is 30.7 Å². The van der Waals surface area contributed by atoms with Gasteiger partial charge in [-0.15, -0.1) is 24.8 Å². The minimum absolute atomic E-state index is 0. The predicted octanol–water partition coefficient (Wildman–Crippen LogP) is 3.01. The highest BCUT2D eigenvalue weighted by Crippen LogP contribution is 2.15. The Morgan fingerprint density at radius 3 is 2.75 bits per heavy atom. The minimum Gasteiger partial charge on any atom is -0.325 e. The second-order valence-corrected chi connectivity index (χ2v) is 4.97. The average molecular weight is 320 g/mol. The molecule has 0 saturated carbocycles. The summed E-state index contributed by atoms with van der Waals surface area (Å²) in [5, 5.41) is 6.33. The molecule has 6 heteroatoms. The van der Waals surface area contributed by atoms with Crippen molar-refractivity contribution in [1.82, 2.24) is 10.3 Å². The van der Waals surface area contributed by atoms with E-state index in [0.717, 1.165) is 30.0 Å². The zero-order valence-electron chi connectivity index (χ0n) is 11.9. The van der Waals surface area contributed by atoms with Crippen molar-refractivity contribution in [2.45, 2.75) is 45.6 Å². The van der Waals surface area contributed by atoms with Crippen LogP contribution in [0, 0.1) is 13.8 Å². The number of aromatic nitrogens is 1. The van der Waals surface area contributed by atoms with Crippen LogP contribution in [0.2, 0.25) is 0 Å². The van der Waals surface area contributed by atoms with Gasteiger partial charge < -0.3 is 10.6 Å². The monoisotopic (exact) mass is 319 g/mol. The Morgan fingerprint density at radius 1 is 1.40 bits per heavy atom. The number of amides is 1. The number of nitrogens with zero attached hydrogens (tertiary/aromatic N) is 1. The van der Waals surface area contributed by atoms with E-state index in [1.54, 1.807) is 0 Å². The quantitative estimate of drug-likeness (QED) is 0.897. The van der Waals surface area contributed by atoms with Crippen molar-refractivity contribution in [3.05, 3.63) is 23.5 Å². The number of hydrogen-bond donors (Lipinski definition) is 2. The van der Waals surface area contributed by atoms with Crippen LogP contribution in [-0.4, -0.2) is 23.5 Å². The zero-order chi connectivity index (χ0) is 13.0. The molecule has 2 rings (SSSR count). The van der Waals surface area contributed by atoms with Gasteiger partial charge in [0.2, 0.25) is 5.91 Å². The number of halogens is 2. The molecular weight excluding hydrogens is 297 g/mol. The summed E-state index contributed by atoms with van der Waals surface area (Å²) in [6.07, 6.45) is 3.92. The molecule has 0 bridgehead atoms. The number of carbonyl (C=O) groups is 1. The maximum Gasteiger partial charge on any atom is 0.224 e. The molecule has 1 fully saturated rings. The number of rotatable bonds is 4. The topological polar surface area (TPSA) is 54.0 Å². The molecule has 2 N–H and O–H groups in total. The van der Waals surface area contributed by atoms with Crippen molar-refractivity contribution in [2.24, 2.45) is 0 Å². The largest absolute Gasteiger partial charge is 0.325 e. The van der Waals surface area contributed by atoms with E-state index >= 15 is 0 Å². The van der Waals surface area contributed by atoms with E-state index in [0.29, 0.717) is 12.5 Å².